The first-order valence-corrected chi connectivity index (χ1v) is 5.42. The van der Waals surface area contributed by atoms with Gasteiger partial charge in [0, 0.05) is 11.8 Å². The van der Waals surface area contributed by atoms with Gasteiger partial charge < -0.3 is 10.2 Å². The number of carbonyl (C=O) groups excluding carboxylic acids is 1. The van der Waals surface area contributed by atoms with E-state index in [1.54, 1.807) is 0 Å². The molecule has 2 N–H and O–H groups in total. The van der Waals surface area contributed by atoms with Crippen LogP contribution < -0.4 is 5.73 Å². The van der Waals surface area contributed by atoms with Crippen molar-refractivity contribution in [2.24, 2.45) is 11.7 Å². The largest absolute Gasteiger partial charge is 0.464 e. The van der Waals surface area contributed by atoms with Crippen molar-refractivity contribution in [1.82, 2.24) is 0 Å². The van der Waals surface area contributed by atoms with E-state index in [2.05, 4.69) is 0 Å². The lowest BCUT2D eigenvalue weighted by Crippen LogP contribution is -2.15. The number of furan rings is 1. The summed E-state index contributed by atoms with van der Waals surface area (Å²) < 4.78 is 5.33. The van der Waals surface area contributed by atoms with Crippen LogP contribution in [0.2, 0.25) is 0 Å². The van der Waals surface area contributed by atoms with Crippen molar-refractivity contribution >= 4 is 16.8 Å². The Hall–Kier alpha value is -1.61. The summed E-state index contributed by atoms with van der Waals surface area (Å²) in [5.74, 6) is 0.309. The van der Waals surface area contributed by atoms with E-state index in [0.717, 1.165) is 11.0 Å². The molecular formula is C13H15NO2. The smallest absolute Gasteiger partial charge is 0.167 e. The summed E-state index contributed by atoms with van der Waals surface area (Å²) in [7, 11) is 0. The van der Waals surface area contributed by atoms with Gasteiger partial charge in [-0.05, 0) is 18.5 Å². The van der Waals surface area contributed by atoms with E-state index in [9.17, 15) is 4.79 Å². The van der Waals surface area contributed by atoms with Gasteiger partial charge in [0.2, 0.25) is 0 Å². The van der Waals surface area contributed by atoms with Crippen molar-refractivity contribution in [3.63, 3.8) is 0 Å². The Morgan fingerprint density at radius 1 is 1.44 bits per heavy atom. The van der Waals surface area contributed by atoms with E-state index in [1.807, 2.05) is 31.2 Å². The molecule has 2 aromatic rings. The van der Waals surface area contributed by atoms with Gasteiger partial charge in [0.05, 0.1) is 5.56 Å². The fourth-order valence-corrected chi connectivity index (χ4v) is 1.70. The van der Waals surface area contributed by atoms with E-state index in [-0.39, 0.29) is 11.7 Å². The molecule has 0 aliphatic rings. The van der Waals surface area contributed by atoms with Crippen LogP contribution in [0.4, 0.5) is 0 Å². The molecule has 1 unspecified atom stereocenters. The molecule has 0 aliphatic heterocycles. The molecule has 0 saturated carbocycles. The summed E-state index contributed by atoms with van der Waals surface area (Å²) in [5.41, 5.74) is 6.93. The van der Waals surface area contributed by atoms with Crippen molar-refractivity contribution in [3.05, 3.63) is 36.1 Å². The molecule has 0 radical (unpaired) electrons. The highest BCUT2D eigenvalue weighted by Crippen LogP contribution is 2.22. The summed E-state index contributed by atoms with van der Waals surface area (Å²) in [4.78, 5) is 12.0. The van der Waals surface area contributed by atoms with Crippen molar-refractivity contribution in [1.29, 1.82) is 0 Å². The van der Waals surface area contributed by atoms with Crippen LogP contribution in [0.1, 0.15) is 23.7 Å². The monoisotopic (exact) mass is 217 g/mol. The predicted molar refractivity (Wildman–Crippen MR) is 63.4 cm³/mol. The molecule has 16 heavy (non-hydrogen) atoms. The van der Waals surface area contributed by atoms with Gasteiger partial charge in [0.25, 0.3) is 0 Å². The number of hydrogen-bond acceptors (Lipinski definition) is 3. The standard InChI is InChI=1S/C13H15NO2/c1-9(7-14)6-12(15)11-8-16-13-5-3-2-4-10(11)13/h2-5,8-9H,6-7,14H2,1H3. The van der Waals surface area contributed by atoms with E-state index >= 15 is 0 Å². The highest BCUT2D eigenvalue weighted by molar-refractivity contribution is 6.07. The minimum absolute atomic E-state index is 0.0999. The Bertz CT molecular complexity index is 501. The van der Waals surface area contributed by atoms with Crippen LogP contribution in [-0.2, 0) is 0 Å². The third-order valence-electron chi connectivity index (χ3n) is 2.72. The second-order valence-corrected chi connectivity index (χ2v) is 4.11. The van der Waals surface area contributed by atoms with Crippen molar-refractivity contribution in [3.8, 4) is 0 Å². The highest BCUT2D eigenvalue weighted by atomic mass is 16.3. The van der Waals surface area contributed by atoms with Crippen molar-refractivity contribution < 1.29 is 9.21 Å². The number of fused-ring (bicyclic) bond motifs is 1. The Kier molecular flexibility index (Phi) is 3.06. The van der Waals surface area contributed by atoms with Crippen LogP contribution in [0.25, 0.3) is 11.0 Å². The summed E-state index contributed by atoms with van der Waals surface area (Å²) in [5, 5.41) is 0.886. The van der Waals surface area contributed by atoms with Gasteiger partial charge >= 0.3 is 0 Å². The van der Waals surface area contributed by atoms with Gasteiger partial charge in [-0.25, -0.2) is 0 Å². The lowest BCUT2D eigenvalue weighted by molar-refractivity contribution is 0.0966. The molecule has 2 rings (SSSR count). The molecule has 0 aliphatic carbocycles. The SMILES string of the molecule is CC(CN)CC(=O)c1coc2ccccc12. The highest BCUT2D eigenvalue weighted by Gasteiger charge is 2.15. The third kappa shape index (κ3) is 1.99. The molecule has 0 saturated heterocycles. The number of hydrogen-bond donors (Lipinski definition) is 1. The Morgan fingerprint density at radius 3 is 2.94 bits per heavy atom. The van der Waals surface area contributed by atoms with E-state index < -0.39 is 0 Å². The van der Waals surface area contributed by atoms with Crippen LogP contribution in [0.15, 0.2) is 34.9 Å². The summed E-state index contributed by atoms with van der Waals surface area (Å²) in [6.45, 7) is 2.50. The number of nitrogens with two attached hydrogens (primary N) is 1. The fraction of sp³-hybridized carbons (Fsp3) is 0.308. The predicted octanol–water partition coefficient (Wildman–Crippen LogP) is 2.60. The fourth-order valence-electron chi connectivity index (χ4n) is 1.70. The topological polar surface area (TPSA) is 56.2 Å². The maximum Gasteiger partial charge on any atom is 0.167 e. The molecule has 1 atom stereocenters. The number of rotatable bonds is 4. The first-order chi connectivity index (χ1) is 7.72. The van der Waals surface area contributed by atoms with Crippen molar-refractivity contribution in [2.75, 3.05) is 6.54 Å². The average molecular weight is 217 g/mol. The zero-order chi connectivity index (χ0) is 11.5. The van der Waals surface area contributed by atoms with Crippen LogP contribution in [-0.4, -0.2) is 12.3 Å². The van der Waals surface area contributed by atoms with Gasteiger partial charge in [0.15, 0.2) is 5.78 Å². The Morgan fingerprint density at radius 2 is 2.19 bits per heavy atom. The molecule has 0 bridgehead atoms. The van der Waals surface area contributed by atoms with Gasteiger partial charge in [-0.1, -0.05) is 25.1 Å². The van der Waals surface area contributed by atoms with Crippen LogP contribution in [0, 0.1) is 5.92 Å². The van der Waals surface area contributed by atoms with Gasteiger partial charge in [-0.3, -0.25) is 4.79 Å². The molecule has 1 aromatic carbocycles. The zero-order valence-corrected chi connectivity index (χ0v) is 9.27. The van der Waals surface area contributed by atoms with Crippen LogP contribution in [0.3, 0.4) is 0 Å². The second kappa shape index (κ2) is 4.49. The normalized spacial score (nSPS) is 12.9. The second-order valence-electron chi connectivity index (χ2n) is 4.11. The van der Waals surface area contributed by atoms with E-state index in [4.69, 9.17) is 10.2 Å². The van der Waals surface area contributed by atoms with Gasteiger partial charge in [-0.15, -0.1) is 0 Å². The molecule has 0 amide bonds. The minimum atomic E-state index is 0.0999. The summed E-state index contributed by atoms with van der Waals surface area (Å²) >= 11 is 0. The average Bonchev–Trinajstić information content (AvgIpc) is 2.72. The van der Waals surface area contributed by atoms with E-state index in [1.165, 1.54) is 6.26 Å². The van der Waals surface area contributed by atoms with Gasteiger partial charge in [0.1, 0.15) is 11.8 Å². The molecule has 3 nitrogen and oxygen atoms in total. The third-order valence-corrected chi connectivity index (χ3v) is 2.72. The minimum Gasteiger partial charge on any atom is -0.464 e. The number of ketones is 1. The van der Waals surface area contributed by atoms with Crippen LogP contribution >= 0.6 is 0 Å². The first-order valence-electron chi connectivity index (χ1n) is 5.42. The maximum atomic E-state index is 12.0. The number of benzene rings is 1. The number of para-hydroxylation sites is 1. The van der Waals surface area contributed by atoms with Crippen molar-refractivity contribution in [2.45, 2.75) is 13.3 Å². The summed E-state index contributed by atoms with van der Waals surface area (Å²) in [6, 6.07) is 7.56. The molecule has 1 aromatic heterocycles. The molecule has 84 valence electrons. The molecular weight excluding hydrogens is 202 g/mol. The number of carbonyl (C=O) groups is 1. The number of Topliss-reactive ketones (excluding diaryl/α,β-unsaturated/α-hetero) is 1. The molecule has 1 heterocycles. The maximum absolute atomic E-state index is 12.0. The Labute approximate surface area is 94.2 Å². The Balaban J connectivity index is 2.30. The molecule has 3 heteroatoms. The van der Waals surface area contributed by atoms with E-state index in [0.29, 0.717) is 18.5 Å². The molecule has 0 fully saturated rings. The van der Waals surface area contributed by atoms with Crippen LogP contribution in [0.5, 0.6) is 0 Å². The first kappa shape index (κ1) is 10.9. The lowest BCUT2D eigenvalue weighted by Gasteiger charge is -2.05. The summed E-state index contributed by atoms with van der Waals surface area (Å²) in [6.07, 6.45) is 2.01. The lowest BCUT2D eigenvalue weighted by atomic mass is 9.99. The quantitative estimate of drug-likeness (QED) is 0.801. The van der Waals surface area contributed by atoms with Gasteiger partial charge in [-0.2, -0.15) is 0 Å². The zero-order valence-electron chi connectivity index (χ0n) is 9.27. The molecule has 0 spiro atoms.